The van der Waals surface area contributed by atoms with E-state index >= 15 is 0 Å². The minimum Gasteiger partial charge on any atom is -0.381 e. The van der Waals surface area contributed by atoms with Crippen LogP contribution in [-0.2, 0) is 16.0 Å². The van der Waals surface area contributed by atoms with Gasteiger partial charge in [0.25, 0.3) is 0 Å². The van der Waals surface area contributed by atoms with Crippen LogP contribution in [0.15, 0.2) is 29.6 Å². The van der Waals surface area contributed by atoms with Gasteiger partial charge in [-0.2, -0.15) is 0 Å². The first-order valence-corrected chi connectivity index (χ1v) is 8.52. The third-order valence-corrected chi connectivity index (χ3v) is 4.86. The molecule has 116 valence electrons. The van der Waals surface area contributed by atoms with Gasteiger partial charge in [0.1, 0.15) is 5.01 Å². The van der Waals surface area contributed by atoms with E-state index in [1.54, 1.807) is 0 Å². The zero-order valence-corrected chi connectivity index (χ0v) is 13.6. The molecule has 1 atom stereocenters. The van der Waals surface area contributed by atoms with Crippen LogP contribution in [0.4, 0.5) is 0 Å². The Bertz CT molecular complexity index is 653. The number of carbonyl (C=O) groups is 1. The Morgan fingerprint density at radius 2 is 2.32 bits per heavy atom. The molecule has 2 heterocycles. The van der Waals surface area contributed by atoms with E-state index in [0.29, 0.717) is 23.9 Å². The number of hydrogen-bond acceptors (Lipinski definition) is 4. The molecule has 1 amide bonds. The van der Waals surface area contributed by atoms with Crippen molar-refractivity contribution in [3.05, 3.63) is 40.4 Å². The average Bonchev–Trinajstić information content (AvgIpc) is 3.17. The van der Waals surface area contributed by atoms with Gasteiger partial charge in [0.2, 0.25) is 5.91 Å². The predicted octanol–water partition coefficient (Wildman–Crippen LogP) is 3.16. The number of aromatic nitrogens is 1. The van der Waals surface area contributed by atoms with E-state index in [1.165, 1.54) is 11.3 Å². The largest absolute Gasteiger partial charge is 0.381 e. The summed E-state index contributed by atoms with van der Waals surface area (Å²) in [7, 11) is 0. The fourth-order valence-electron chi connectivity index (χ4n) is 2.38. The summed E-state index contributed by atoms with van der Waals surface area (Å²) in [5, 5.41) is 6.39. The Labute approximate surface area is 138 Å². The first kappa shape index (κ1) is 15.5. The quantitative estimate of drug-likeness (QED) is 0.912. The number of rotatable bonds is 5. The second-order valence-corrected chi connectivity index (χ2v) is 6.60. The fraction of sp³-hybridized carbons (Fsp3) is 0.375. The van der Waals surface area contributed by atoms with Crippen molar-refractivity contribution in [3.63, 3.8) is 0 Å². The van der Waals surface area contributed by atoms with Crippen molar-refractivity contribution in [1.82, 2.24) is 10.3 Å². The van der Waals surface area contributed by atoms with Gasteiger partial charge in [0, 0.05) is 30.0 Å². The molecule has 0 spiro atoms. The molecular formula is C16H17ClN2O2S. The minimum absolute atomic E-state index is 0.00269. The molecule has 0 radical (unpaired) electrons. The van der Waals surface area contributed by atoms with Crippen LogP contribution in [0.2, 0.25) is 5.02 Å². The second kappa shape index (κ2) is 7.22. The van der Waals surface area contributed by atoms with Gasteiger partial charge < -0.3 is 10.1 Å². The Morgan fingerprint density at radius 1 is 1.45 bits per heavy atom. The monoisotopic (exact) mass is 336 g/mol. The molecule has 2 aromatic rings. The van der Waals surface area contributed by atoms with E-state index in [2.05, 4.69) is 10.3 Å². The number of halogens is 1. The molecular weight excluding hydrogens is 320 g/mol. The highest BCUT2D eigenvalue weighted by atomic mass is 35.5. The summed E-state index contributed by atoms with van der Waals surface area (Å²) in [4.78, 5) is 16.5. The lowest BCUT2D eigenvalue weighted by atomic mass is 10.1. The zero-order valence-electron chi connectivity index (χ0n) is 12.0. The highest BCUT2D eigenvalue weighted by molar-refractivity contribution is 7.13. The maximum Gasteiger partial charge on any atom is 0.226 e. The molecule has 3 rings (SSSR count). The van der Waals surface area contributed by atoms with E-state index in [0.717, 1.165) is 35.9 Å². The third kappa shape index (κ3) is 3.85. The number of thiazole rings is 1. The van der Waals surface area contributed by atoms with Gasteiger partial charge in [0.15, 0.2) is 0 Å². The summed E-state index contributed by atoms with van der Waals surface area (Å²) in [5.41, 5.74) is 1.68. The van der Waals surface area contributed by atoms with Crippen molar-refractivity contribution < 1.29 is 9.53 Å². The normalized spacial score (nSPS) is 17.6. The molecule has 0 aliphatic carbocycles. The van der Waals surface area contributed by atoms with Gasteiger partial charge in [-0.15, -0.1) is 11.3 Å². The molecule has 1 fully saturated rings. The van der Waals surface area contributed by atoms with Crippen LogP contribution in [0.25, 0.3) is 10.6 Å². The minimum atomic E-state index is 0.00269. The lowest BCUT2D eigenvalue weighted by Gasteiger charge is -2.08. The number of ether oxygens (including phenoxy) is 1. The highest BCUT2D eigenvalue weighted by Crippen LogP contribution is 2.30. The summed E-state index contributed by atoms with van der Waals surface area (Å²) < 4.78 is 5.30. The third-order valence-electron chi connectivity index (χ3n) is 3.61. The van der Waals surface area contributed by atoms with Gasteiger partial charge in [0.05, 0.1) is 23.7 Å². The smallest absolute Gasteiger partial charge is 0.226 e. The van der Waals surface area contributed by atoms with Crippen molar-refractivity contribution in [2.24, 2.45) is 5.92 Å². The van der Waals surface area contributed by atoms with E-state index in [4.69, 9.17) is 16.3 Å². The van der Waals surface area contributed by atoms with Crippen molar-refractivity contribution in [2.45, 2.75) is 12.8 Å². The van der Waals surface area contributed by atoms with Gasteiger partial charge in [-0.1, -0.05) is 29.8 Å². The van der Waals surface area contributed by atoms with Crippen molar-refractivity contribution >= 4 is 28.8 Å². The number of nitrogens with one attached hydrogen (secondary N) is 1. The molecule has 6 heteroatoms. The van der Waals surface area contributed by atoms with Gasteiger partial charge in [-0.3, -0.25) is 4.79 Å². The summed E-state index contributed by atoms with van der Waals surface area (Å²) in [5.74, 6) is 0.445. The SMILES string of the molecule is O=C(Cc1csc(-c2ccccc2Cl)n1)NC[C@@H]1CCOC1. The van der Waals surface area contributed by atoms with Crippen molar-refractivity contribution in [2.75, 3.05) is 19.8 Å². The van der Waals surface area contributed by atoms with Crippen molar-refractivity contribution in [1.29, 1.82) is 0 Å². The lowest BCUT2D eigenvalue weighted by molar-refractivity contribution is -0.120. The first-order valence-electron chi connectivity index (χ1n) is 7.26. The number of amides is 1. The maximum absolute atomic E-state index is 12.0. The summed E-state index contributed by atoms with van der Waals surface area (Å²) in [6.45, 7) is 2.22. The predicted molar refractivity (Wildman–Crippen MR) is 88.2 cm³/mol. The van der Waals surface area contributed by atoms with Crippen LogP contribution in [0.3, 0.4) is 0 Å². The maximum atomic E-state index is 12.0. The Morgan fingerprint density at radius 3 is 3.09 bits per heavy atom. The van der Waals surface area contributed by atoms with Gasteiger partial charge in [-0.25, -0.2) is 4.98 Å². The van der Waals surface area contributed by atoms with Crippen LogP contribution in [0.5, 0.6) is 0 Å². The molecule has 0 unspecified atom stereocenters. The van der Waals surface area contributed by atoms with Gasteiger partial charge >= 0.3 is 0 Å². The van der Waals surface area contributed by atoms with Crippen LogP contribution >= 0.6 is 22.9 Å². The molecule has 1 aromatic heterocycles. The van der Waals surface area contributed by atoms with Crippen LogP contribution in [0.1, 0.15) is 12.1 Å². The summed E-state index contributed by atoms with van der Waals surface area (Å²) in [6.07, 6.45) is 1.32. The molecule has 1 aliphatic rings. The van der Waals surface area contributed by atoms with E-state index in [1.807, 2.05) is 29.6 Å². The van der Waals surface area contributed by atoms with Crippen LogP contribution in [-0.4, -0.2) is 30.6 Å². The number of nitrogens with zero attached hydrogens (tertiary/aromatic N) is 1. The zero-order chi connectivity index (χ0) is 15.4. The number of benzene rings is 1. The molecule has 4 nitrogen and oxygen atoms in total. The van der Waals surface area contributed by atoms with Gasteiger partial charge in [-0.05, 0) is 12.5 Å². The standard InChI is InChI=1S/C16H17ClN2O2S/c17-14-4-2-1-3-13(14)16-19-12(10-22-16)7-15(20)18-8-11-5-6-21-9-11/h1-4,10-11H,5-9H2,(H,18,20)/t11-/m0/s1. The molecule has 0 bridgehead atoms. The topological polar surface area (TPSA) is 51.2 Å². The molecule has 1 aliphatic heterocycles. The summed E-state index contributed by atoms with van der Waals surface area (Å²) in [6, 6.07) is 7.60. The first-order chi connectivity index (χ1) is 10.7. The Hall–Kier alpha value is -1.43. The number of carbonyl (C=O) groups excluding carboxylic acids is 1. The van der Waals surface area contributed by atoms with E-state index in [-0.39, 0.29) is 5.91 Å². The van der Waals surface area contributed by atoms with Crippen LogP contribution < -0.4 is 5.32 Å². The summed E-state index contributed by atoms with van der Waals surface area (Å²) >= 11 is 7.68. The molecule has 1 aromatic carbocycles. The van der Waals surface area contributed by atoms with E-state index in [9.17, 15) is 4.79 Å². The second-order valence-electron chi connectivity index (χ2n) is 5.33. The number of hydrogen-bond donors (Lipinski definition) is 1. The van der Waals surface area contributed by atoms with E-state index < -0.39 is 0 Å². The lowest BCUT2D eigenvalue weighted by Crippen LogP contribution is -2.30. The molecule has 1 N–H and O–H groups in total. The molecule has 1 saturated heterocycles. The van der Waals surface area contributed by atoms with Crippen LogP contribution in [0, 0.1) is 5.92 Å². The average molecular weight is 337 g/mol. The Balaban J connectivity index is 1.57. The molecule has 0 saturated carbocycles. The van der Waals surface area contributed by atoms with Crippen molar-refractivity contribution in [3.8, 4) is 10.6 Å². The highest BCUT2D eigenvalue weighted by Gasteiger charge is 2.17. The fourth-order valence-corrected chi connectivity index (χ4v) is 3.52. The molecule has 22 heavy (non-hydrogen) atoms. The Kier molecular flexibility index (Phi) is 5.08.